The minimum atomic E-state index is -0.268. The van der Waals surface area contributed by atoms with Crippen molar-refractivity contribution >= 4 is 33.9 Å². The standard InChI is InChI=1S/C14H12ClNO2S/c1-17-11-7-9(15)5-8-6-10(18-14(8)11)13(16)12-3-2-4-19-12/h2-7,13H,16H2,1H3. The second kappa shape index (κ2) is 4.89. The molecule has 19 heavy (non-hydrogen) atoms. The zero-order chi connectivity index (χ0) is 13.4. The smallest absolute Gasteiger partial charge is 0.176 e. The van der Waals surface area contributed by atoms with E-state index in [2.05, 4.69) is 0 Å². The van der Waals surface area contributed by atoms with Crippen LogP contribution in [-0.4, -0.2) is 7.11 Å². The van der Waals surface area contributed by atoms with Gasteiger partial charge in [0.05, 0.1) is 13.2 Å². The third kappa shape index (κ3) is 2.23. The summed E-state index contributed by atoms with van der Waals surface area (Å²) in [5.41, 5.74) is 6.87. The topological polar surface area (TPSA) is 48.4 Å². The number of thiophene rings is 1. The van der Waals surface area contributed by atoms with Gasteiger partial charge in [0, 0.05) is 21.4 Å². The van der Waals surface area contributed by atoms with Crippen LogP contribution in [0.15, 0.2) is 40.1 Å². The first kappa shape index (κ1) is 12.5. The van der Waals surface area contributed by atoms with E-state index in [4.69, 9.17) is 26.5 Å². The lowest BCUT2D eigenvalue weighted by Gasteiger charge is -2.05. The van der Waals surface area contributed by atoms with Gasteiger partial charge in [-0.05, 0) is 23.6 Å². The van der Waals surface area contributed by atoms with Crippen LogP contribution in [0.3, 0.4) is 0 Å². The lowest BCUT2D eigenvalue weighted by molar-refractivity contribution is 0.406. The van der Waals surface area contributed by atoms with Crippen molar-refractivity contribution in [2.75, 3.05) is 7.11 Å². The molecule has 2 N–H and O–H groups in total. The molecule has 3 nitrogen and oxygen atoms in total. The third-order valence-electron chi connectivity index (χ3n) is 2.94. The number of nitrogens with two attached hydrogens (primary N) is 1. The van der Waals surface area contributed by atoms with Crippen LogP contribution < -0.4 is 10.5 Å². The minimum Gasteiger partial charge on any atom is -0.493 e. The molecule has 0 amide bonds. The Morgan fingerprint density at radius 1 is 1.37 bits per heavy atom. The molecule has 0 radical (unpaired) electrons. The summed E-state index contributed by atoms with van der Waals surface area (Å²) in [7, 11) is 1.59. The summed E-state index contributed by atoms with van der Waals surface area (Å²) in [4.78, 5) is 1.06. The van der Waals surface area contributed by atoms with Gasteiger partial charge in [-0.2, -0.15) is 0 Å². The zero-order valence-corrected chi connectivity index (χ0v) is 11.8. The molecule has 3 rings (SSSR count). The lowest BCUT2D eigenvalue weighted by atomic mass is 10.2. The fourth-order valence-corrected chi connectivity index (χ4v) is 2.97. The number of methoxy groups -OCH3 is 1. The first-order valence-electron chi connectivity index (χ1n) is 5.75. The molecule has 1 atom stereocenters. The number of benzene rings is 1. The van der Waals surface area contributed by atoms with E-state index in [0.717, 1.165) is 10.3 Å². The fourth-order valence-electron chi connectivity index (χ4n) is 2.02. The maximum Gasteiger partial charge on any atom is 0.176 e. The SMILES string of the molecule is COc1cc(Cl)cc2cc(C(N)c3cccs3)oc12. The summed E-state index contributed by atoms with van der Waals surface area (Å²) in [5.74, 6) is 1.32. The molecule has 5 heteroatoms. The van der Waals surface area contributed by atoms with Crippen LogP contribution in [0.25, 0.3) is 11.0 Å². The quantitative estimate of drug-likeness (QED) is 0.787. The Hall–Kier alpha value is -1.49. The molecule has 0 aliphatic rings. The van der Waals surface area contributed by atoms with Crippen molar-refractivity contribution in [3.8, 4) is 5.75 Å². The van der Waals surface area contributed by atoms with Crippen LogP contribution in [-0.2, 0) is 0 Å². The summed E-state index contributed by atoms with van der Waals surface area (Å²) in [6, 6.07) is 9.18. The van der Waals surface area contributed by atoms with E-state index in [-0.39, 0.29) is 6.04 Å². The number of ether oxygens (including phenoxy) is 1. The van der Waals surface area contributed by atoms with E-state index in [1.807, 2.05) is 29.6 Å². The van der Waals surface area contributed by atoms with Crippen molar-refractivity contribution in [2.45, 2.75) is 6.04 Å². The molecule has 0 saturated heterocycles. The maximum atomic E-state index is 6.20. The second-order valence-corrected chi connectivity index (χ2v) is 5.58. The average Bonchev–Trinajstić information content (AvgIpc) is 3.05. The van der Waals surface area contributed by atoms with Crippen molar-refractivity contribution in [3.63, 3.8) is 0 Å². The van der Waals surface area contributed by atoms with Gasteiger partial charge in [-0.1, -0.05) is 17.7 Å². The molecular weight excluding hydrogens is 282 g/mol. The van der Waals surface area contributed by atoms with Gasteiger partial charge in [0.25, 0.3) is 0 Å². The first-order valence-corrected chi connectivity index (χ1v) is 7.01. The molecule has 3 aromatic rings. The summed E-state index contributed by atoms with van der Waals surface area (Å²) < 4.78 is 11.1. The Balaban J connectivity index is 2.11. The van der Waals surface area contributed by atoms with Crippen molar-refractivity contribution in [1.29, 1.82) is 0 Å². The number of fused-ring (bicyclic) bond motifs is 1. The van der Waals surface area contributed by atoms with Gasteiger partial charge in [0.1, 0.15) is 5.76 Å². The van der Waals surface area contributed by atoms with Gasteiger partial charge in [-0.25, -0.2) is 0 Å². The normalized spacial score (nSPS) is 12.8. The summed E-state index contributed by atoms with van der Waals surface area (Å²) in [6.07, 6.45) is 0. The molecule has 0 spiro atoms. The average molecular weight is 294 g/mol. The predicted molar refractivity (Wildman–Crippen MR) is 78.1 cm³/mol. The van der Waals surface area contributed by atoms with Gasteiger partial charge in [-0.3, -0.25) is 0 Å². The van der Waals surface area contributed by atoms with E-state index >= 15 is 0 Å². The predicted octanol–water partition coefficient (Wildman–Crippen LogP) is 4.20. The largest absolute Gasteiger partial charge is 0.493 e. The Morgan fingerprint density at radius 3 is 2.89 bits per heavy atom. The third-order valence-corrected chi connectivity index (χ3v) is 4.12. The van der Waals surface area contributed by atoms with Crippen molar-refractivity contribution in [3.05, 3.63) is 51.4 Å². The van der Waals surface area contributed by atoms with Crippen LogP contribution in [0, 0.1) is 0 Å². The molecule has 98 valence electrons. The van der Waals surface area contributed by atoms with E-state index < -0.39 is 0 Å². The molecule has 0 fully saturated rings. The van der Waals surface area contributed by atoms with Crippen LogP contribution in [0.4, 0.5) is 0 Å². The Labute approximate surface area is 119 Å². The van der Waals surface area contributed by atoms with Crippen LogP contribution in [0.1, 0.15) is 16.7 Å². The van der Waals surface area contributed by atoms with Crippen LogP contribution in [0.5, 0.6) is 5.75 Å². The van der Waals surface area contributed by atoms with Crippen molar-refractivity contribution in [2.24, 2.45) is 5.73 Å². The van der Waals surface area contributed by atoms with Crippen molar-refractivity contribution < 1.29 is 9.15 Å². The number of furan rings is 1. The highest BCUT2D eigenvalue weighted by Crippen LogP contribution is 2.35. The van der Waals surface area contributed by atoms with Crippen LogP contribution >= 0.6 is 22.9 Å². The first-order chi connectivity index (χ1) is 9.19. The highest BCUT2D eigenvalue weighted by Gasteiger charge is 2.17. The van der Waals surface area contributed by atoms with Gasteiger partial charge in [0.15, 0.2) is 11.3 Å². The zero-order valence-electron chi connectivity index (χ0n) is 10.2. The van der Waals surface area contributed by atoms with Gasteiger partial charge < -0.3 is 14.9 Å². The molecule has 0 aliphatic carbocycles. The summed E-state index contributed by atoms with van der Waals surface area (Å²) >= 11 is 7.65. The number of hydrogen-bond acceptors (Lipinski definition) is 4. The molecular formula is C14H12ClNO2S. The second-order valence-electron chi connectivity index (χ2n) is 4.17. The monoisotopic (exact) mass is 293 g/mol. The molecule has 0 bridgehead atoms. The van der Waals surface area contributed by atoms with Gasteiger partial charge >= 0.3 is 0 Å². The highest BCUT2D eigenvalue weighted by atomic mass is 35.5. The van der Waals surface area contributed by atoms with E-state index in [1.54, 1.807) is 24.5 Å². The van der Waals surface area contributed by atoms with Crippen molar-refractivity contribution in [1.82, 2.24) is 0 Å². The highest BCUT2D eigenvalue weighted by molar-refractivity contribution is 7.10. The van der Waals surface area contributed by atoms with E-state index in [9.17, 15) is 0 Å². The summed E-state index contributed by atoms with van der Waals surface area (Å²) in [5, 5.41) is 3.50. The minimum absolute atomic E-state index is 0.268. The van der Waals surface area contributed by atoms with Gasteiger partial charge in [-0.15, -0.1) is 11.3 Å². The fraction of sp³-hybridized carbons (Fsp3) is 0.143. The number of rotatable bonds is 3. The number of hydrogen-bond donors (Lipinski definition) is 1. The van der Waals surface area contributed by atoms with Crippen LogP contribution in [0.2, 0.25) is 5.02 Å². The van der Waals surface area contributed by atoms with E-state index in [0.29, 0.717) is 22.1 Å². The Kier molecular flexibility index (Phi) is 3.22. The molecule has 0 aliphatic heterocycles. The lowest BCUT2D eigenvalue weighted by Crippen LogP contribution is -2.08. The molecule has 1 unspecified atom stereocenters. The number of halogens is 1. The maximum absolute atomic E-state index is 6.20. The molecule has 2 aromatic heterocycles. The van der Waals surface area contributed by atoms with Gasteiger partial charge in [0.2, 0.25) is 0 Å². The molecule has 0 saturated carbocycles. The Morgan fingerprint density at radius 2 is 2.21 bits per heavy atom. The Bertz CT molecular complexity index is 706. The summed E-state index contributed by atoms with van der Waals surface area (Å²) in [6.45, 7) is 0. The molecule has 2 heterocycles. The molecule has 1 aromatic carbocycles. The van der Waals surface area contributed by atoms with E-state index in [1.165, 1.54) is 0 Å².